The van der Waals surface area contributed by atoms with Crippen LogP contribution in [-0.2, 0) is 6.54 Å². The average molecular weight is 435 g/mol. The van der Waals surface area contributed by atoms with Crippen molar-refractivity contribution in [2.45, 2.75) is 13.5 Å². The van der Waals surface area contributed by atoms with Gasteiger partial charge in [-0.05, 0) is 61.5 Å². The van der Waals surface area contributed by atoms with Gasteiger partial charge in [0.15, 0.2) is 0 Å². The van der Waals surface area contributed by atoms with E-state index in [4.69, 9.17) is 16.6 Å². The number of amides is 1. The number of carbonyl (C=O) groups excluding carboxylic acids is 1. The van der Waals surface area contributed by atoms with Crippen LogP contribution in [0.3, 0.4) is 0 Å². The molecule has 2 heterocycles. The average Bonchev–Trinajstić information content (AvgIpc) is 2.79. The molecule has 0 aliphatic carbocycles. The van der Waals surface area contributed by atoms with Gasteiger partial charge in [-0.3, -0.25) is 4.79 Å². The Kier molecular flexibility index (Phi) is 6.54. The Morgan fingerprint density at radius 3 is 2.35 bits per heavy atom. The number of aryl methyl sites for hydroxylation is 1. The molecule has 31 heavy (non-hydrogen) atoms. The second-order valence-electron chi connectivity index (χ2n) is 8.00. The molecule has 2 aromatic carbocycles. The molecular formula is C25H27ClN4O. The number of hydrogen-bond acceptors (Lipinski definition) is 4. The number of benzene rings is 2. The Hall–Kier alpha value is -2.89. The molecule has 3 aromatic rings. The van der Waals surface area contributed by atoms with Crippen molar-refractivity contribution in [1.29, 1.82) is 0 Å². The fourth-order valence-electron chi connectivity index (χ4n) is 3.80. The van der Waals surface area contributed by atoms with Crippen LogP contribution in [0.2, 0.25) is 5.02 Å². The van der Waals surface area contributed by atoms with E-state index in [1.54, 1.807) is 24.3 Å². The molecule has 6 heteroatoms. The molecule has 0 atom stereocenters. The van der Waals surface area contributed by atoms with Gasteiger partial charge in [0.05, 0.1) is 6.54 Å². The first kappa shape index (κ1) is 21.3. The molecule has 1 fully saturated rings. The first-order valence-electron chi connectivity index (χ1n) is 10.5. The maximum absolute atomic E-state index is 13.4. The first-order valence-corrected chi connectivity index (χ1v) is 10.9. The van der Waals surface area contributed by atoms with Crippen LogP contribution < -0.4 is 9.80 Å². The Morgan fingerprint density at radius 2 is 1.71 bits per heavy atom. The zero-order chi connectivity index (χ0) is 21.8. The number of para-hydroxylation sites is 1. The molecule has 1 aliphatic heterocycles. The summed E-state index contributed by atoms with van der Waals surface area (Å²) in [7, 11) is 2.14. The molecule has 5 nitrogen and oxygen atoms in total. The van der Waals surface area contributed by atoms with Gasteiger partial charge in [0.1, 0.15) is 5.82 Å². The second kappa shape index (κ2) is 9.50. The van der Waals surface area contributed by atoms with Crippen LogP contribution in [0.5, 0.6) is 0 Å². The predicted octanol–water partition coefficient (Wildman–Crippen LogP) is 4.64. The Bertz CT molecular complexity index is 1030. The van der Waals surface area contributed by atoms with Crippen molar-refractivity contribution < 1.29 is 4.79 Å². The summed E-state index contributed by atoms with van der Waals surface area (Å²) >= 11 is 6.01. The predicted molar refractivity (Wildman–Crippen MR) is 127 cm³/mol. The molecule has 4 rings (SSSR count). The van der Waals surface area contributed by atoms with Gasteiger partial charge in [0.25, 0.3) is 5.91 Å². The monoisotopic (exact) mass is 434 g/mol. The summed E-state index contributed by atoms with van der Waals surface area (Å²) in [6.07, 6.45) is 1.88. The maximum atomic E-state index is 13.4. The zero-order valence-electron chi connectivity index (χ0n) is 18.0. The molecule has 0 bridgehead atoms. The molecule has 1 amide bonds. The van der Waals surface area contributed by atoms with Gasteiger partial charge in [-0.25, -0.2) is 4.98 Å². The standard InChI is InChI=1S/C25H27ClN4O/c1-19-5-3-4-6-23(19)30(25(31)21-8-10-22(26)11-9-21)18-20-7-12-24(27-17-20)29-15-13-28(2)14-16-29/h3-12,17H,13-16,18H2,1-2H3. The summed E-state index contributed by atoms with van der Waals surface area (Å²) in [6, 6.07) is 19.1. The summed E-state index contributed by atoms with van der Waals surface area (Å²) in [5.74, 6) is 0.928. The van der Waals surface area contributed by atoms with Crippen molar-refractivity contribution in [1.82, 2.24) is 9.88 Å². The summed E-state index contributed by atoms with van der Waals surface area (Å²) < 4.78 is 0. The van der Waals surface area contributed by atoms with Crippen molar-refractivity contribution in [3.05, 3.63) is 88.6 Å². The number of pyridine rings is 1. The number of aromatic nitrogens is 1. The van der Waals surface area contributed by atoms with Crippen molar-refractivity contribution in [3.8, 4) is 0 Å². The lowest BCUT2D eigenvalue weighted by atomic mass is 10.1. The number of hydrogen-bond donors (Lipinski definition) is 0. The summed E-state index contributed by atoms with van der Waals surface area (Å²) in [5.41, 5.74) is 3.54. The van der Waals surface area contributed by atoms with Crippen molar-refractivity contribution in [3.63, 3.8) is 0 Å². The van der Waals surface area contributed by atoms with E-state index in [2.05, 4.69) is 29.0 Å². The van der Waals surface area contributed by atoms with E-state index >= 15 is 0 Å². The van der Waals surface area contributed by atoms with Crippen LogP contribution in [0.4, 0.5) is 11.5 Å². The normalized spacial score (nSPS) is 14.5. The topological polar surface area (TPSA) is 39.7 Å². The summed E-state index contributed by atoms with van der Waals surface area (Å²) in [5, 5.41) is 0.614. The summed E-state index contributed by atoms with van der Waals surface area (Å²) in [6.45, 7) is 6.51. The highest BCUT2D eigenvalue weighted by atomic mass is 35.5. The molecule has 0 spiro atoms. The lowest BCUT2D eigenvalue weighted by Gasteiger charge is -2.33. The van der Waals surface area contributed by atoms with E-state index in [0.717, 1.165) is 48.8 Å². The molecular weight excluding hydrogens is 408 g/mol. The number of halogens is 1. The maximum Gasteiger partial charge on any atom is 0.258 e. The number of piperazine rings is 1. The number of rotatable bonds is 5. The van der Waals surface area contributed by atoms with Crippen LogP contribution in [0.25, 0.3) is 0 Å². The van der Waals surface area contributed by atoms with E-state index in [9.17, 15) is 4.79 Å². The molecule has 0 N–H and O–H groups in total. The Morgan fingerprint density at radius 1 is 1.00 bits per heavy atom. The fraction of sp³-hybridized carbons (Fsp3) is 0.280. The number of likely N-dealkylation sites (N-methyl/N-ethyl adjacent to an activating group) is 1. The van der Waals surface area contributed by atoms with Crippen molar-refractivity contribution in [2.75, 3.05) is 43.0 Å². The van der Waals surface area contributed by atoms with E-state index in [1.807, 2.05) is 42.3 Å². The van der Waals surface area contributed by atoms with E-state index < -0.39 is 0 Å². The highest BCUT2D eigenvalue weighted by molar-refractivity contribution is 6.30. The quantitative estimate of drug-likeness (QED) is 0.586. The number of anilines is 2. The molecule has 0 unspecified atom stereocenters. The van der Waals surface area contributed by atoms with E-state index in [1.165, 1.54) is 0 Å². The molecule has 0 saturated carbocycles. The fourth-order valence-corrected chi connectivity index (χ4v) is 3.92. The minimum Gasteiger partial charge on any atom is -0.354 e. The van der Waals surface area contributed by atoms with Crippen LogP contribution >= 0.6 is 11.6 Å². The second-order valence-corrected chi connectivity index (χ2v) is 8.44. The van der Waals surface area contributed by atoms with Gasteiger partial charge in [-0.1, -0.05) is 35.9 Å². The third kappa shape index (κ3) is 5.06. The third-order valence-electron chi connectivity index (χ3n) is 5.72. The Balaban J connectivity index is 1.58. The van der Waals surface area contributed by atoms with Gasteiger partial charge in [-0.15, -0.1) is 0 Å². The molecule has 1 saturated heterocycles. The van der Waals surface area contributed by atoms with Gasteiger partial charge in [-0.2, -0.15) is 0 Å². The number of carbonyl (C=O) groups is 1. The molecule has 1 aromatic heterocycles. The SMILES string of the molecule is Cc1ccccc1N(Cc1ccc(N2CCN(C)CC2)nc1)C(=O)c1ccc(Cl)cc1. The lowest BCUT2D eigenvalue weighted by Crippen LogP contribution is -2.44. The molecule has 1 aliphatic rings. The summed E-state index contributed by atoms with van der Waals surface area (Å²) in [4.78, 5) is 24.5. The minimum absolute atomic E-state index is 0.0610. The number of nitrogens with zero attached hydrogens (tertiary/aromatic N) is 4. The van der Waals surface area contributed by atoms with Crippen molar-refractivity contribution >= 4 is 29.0 Å². The van der Waals surface area contributed by atoms with Crippen molar-refractivity contribution in [2.24, 2.45) is 0 Å². The molecule has 160 valence electrons. The third-order valence-corrected chi connectivity index (χ3v) is 5.97. The van der Waals surface area contributed by atoms with Crippen LogP contribution in [0.15, 0.2) is 66.9 Å². The minimum atomic E-state index is -0.0610. The molecule has 0 radical (unpaired) electrons. The first-order chi connectivity index (χ1) is 15.0. The highest BCUT2D eigenvalue weighted by Crippen LogP contribution is 2.25. The van der Waals surface area contributed by atoms with E-state index in [-0.39, 0.29) is 5.91 Å². The Labute approximate surface area is 188 Å². The van der Waals surface area contributed by atoms with Crippen LogP contribution in [-0.4, -0.2) is 49.0 Å². The van der Waals surface area contributed by atoms with Crippen LogP contribution in [0.1, 0.15) is 21.5 Å². The highest BCUT2D eigenvalue weighted by Gasteiger charge is 2.20. The largest absolute Gasteiger partial charge is 0.354 e. The van der Waals surface area contributed by atoms with Gasteiger partial charge >= 0.3 is 0 Å². The van der Waals surface area contributed by atoms with Gasteiger partial charge < -0.3 is 14.7 Å². The smallest absolute Gasteiger partial charge is 0.258 e. The van der Waals surface area contributed by atoms with Gasteiger partial charge in [0.2, 0.25) is 0 Å². The lowest BCUT2D eigenvalue weighted by molar-refractivity contribution is 0.0985. The van der Waals surface area contributed by atoms with Gasteiger partial charge in [0, 0.05) is 48.6 Å². The van der Waals surface area contributed by atoms with E-state index in [0.29, 0.717) is 17.1 Å². The van der Waals surface area contributed by atoms with Crippen LogP contribution in [0, 0.1) is 6.92 Å². The zero-order valence-corrected chi connectivity index (χ0v) is 18.7.